The number of hydrogen-bond donors (Lipinski definition) is 0. The minimum atomic E-state index is -2.78. The van der Waals surface area contributed by atoms with Crippen LogP contribution in [0.15, 0.2) is 192 Å². The number of anilines is 1. The van der Waals surface area contributed by atoms with Crippen molar-refractivity contribution in [2.75, 3.05) is 31.2 Å². The zero-order valence-corrected chi connectivity index (χ0v) is 49.4. The van der Waals surface area contributed by atoms with Gasteiger partial charge in [0.15, 0.2) is 0 Å². The van der Waals surface area contributed by atoms with Gasteiger partial charge in [0.2, 0.25) is 0 Å². The summed E-state index contributed by atoms with van der Waals surface area (Å²) in [6.07, 6.45) is 8.23. The lowest BCUT2D eigenvalue weighted by Crippen LogP contribution is -2.67. The van der Waals surface area contributed by atoms with E-state index in [0.29, 0.717) is 38.1 Å². The Balaban J connectivity index is 1.23. The van der Waals surface area contributed by atoms with Crippen molar-refractivity contribution in [1.29, 1.82) is 5.26 Å². The average molecular weight is 1040 g/mol. The molecule has 0 saturated heterocycles. The summed E-state index contributed by atoms with van der Waals surface area (Å²) >= 11 is 1.91. The van der Waals surface area contributed by atoms with Crippen molar-refractivity contribution in [3.05, 3.63) is 214 Å². The van der Waals surface area contributed by atoms with Crippen LogP contribution in [0.1, 0.15) is 130 Å². The molecule has 6 aromatic rings. The number of rotatable bonds is 20. The SMILES string of the molecule is CC(C)c1cccc(C(C)C)c1CSC1=C(/C=C/c2ccc(N(CCO[Si](c3ccccc3)(c3ccccc3)C(C)(C)C)CCO[Si](c3ccccc3)(c3ccccc3)C(C)(C)C)cc2)CC(C)(C)C/C1=C\C#N. The first-order valence-electron chi connectivity index (χ1n) is 26.9. The van der Waals surface area contributed by atoms with E-state index >= 15 is 0 Å². The van der Waals surface area contributed by atoms with Crippen molar-refractivity contribution < 1.29 is 8.85 Å². The molecule has 0 N–H and O–H groups in total. The Morgan fingerprint density at radius 2 is 1.00 bits per heavy atom. The fraction of sp³-hybridized carbons (Fsp3) is 0.358. The smallest absolute Gasteiger partial charge is 0.261 e. The average Bonchev–Trinajstić information content (AvgIpc) is 3.37. The maximum Gasteiger partial charge on any atom is 0.261 e. The number of allylic oxidation sites excluding steroid dienone is 4. The van der Waals surface area contributed by atoms with Gasteiger partial charge in [-0.25, -0.2) is 0 Å². The monoisotopic (exact) mass is 1030 g/mol. The van der Waals surface area contributed by atoms with E-state index in [1.165, 1.54) is 47.9 Å². The Hall–Kier alpha value is -5.47. The van der Waals surface area contributed by atoms with Gasteiger partial charge in [-0.2, -0.15) is 5.26 Å². The molecular weight excluding hydrogens is 953 g/mol. The summed E-state index contributed by atoms with van der Waals surface area (Å²) in [5.74, 6) is 1.74. The van der Waals surface area contributed by atoms with E-state index in [-0.39, 0.29) is 15.5 Å². The summed E-state index contributed by atoms with van der Waals surface area (Å²) in [7, 11) is -5.57. The molecule has 1 aliphatic rings. The second-order valence-corrected chi connectivity index (χ2v) is 33.2. The van der Waals surface area contributed by atoms with Crippen LogP contribution in [0.5, 0.6) is 0 Å². The highest BCUT2D eigenvalue weighted by Crippen LogP contribution is 2.48. The van der Waals surface area contributed by atoms with Crippen molar-refractivity contribution >= 4 is 60.9 Å². The highest BCUT2D eigenvalue weighted by Gasteiger charge is 2.51. The standard InChI is InChI=1S/C67H82N2O2SSi2/c1-51(2)61-34-25-35-62(52(3)4)63(61)50-72-64-54(48-67(11,12)49-55(64)42-43-68)39-36-53-37-40-56(41-38-53)69(44-46-70-73(65(5,6)7,57-26-17-13-18-27-57)58-28-19-14-20-29-58)45-47-71-74(66(8,9)10,59-30-21-15-22-31-59)60-32-23-16-24-33-60/h13-42,51-52H,44-50H2,1-12H3/b39-36+,55-42+. The van der Waals surface area contributed by atoms with Gasteiger partial charge in [-0.1, -0.05) is 247 Å². The summed E-state index contributed by atoms with van der Waals surface area (Å²) in [5.41, 5.74) is 9.02. The second kappa shape index (κ2) is 24.5. The van der Waals surface area contributed by atoms with Crippen molar-refractivity contribution in [3.8, 4) is 6.07 Å². The van der Waals surface area contributed by atoms with E-state index in [2.05, 4.69) is 270 Å². The topological polar surface area (TPSA) is 45.5 Å². The molecule has 0 atom stereocenters. The lowest BCUT2D eigenvalue weighted by molar-refractivity contribution is 0.285. The van der Waals surface area contributed by atoms with Crippen LogP contribution in [-0.2, 0) is 14.6 Å². The minimum absolute atomic E-state index is 0.0305. The molecule has 4 nitrogen and oxygen atoms in total. The number of nitrogens with zero attached hydrogens (tertiary/aromatic N) is 2. The Labute approximate surface area is 452 Å². The normalized spacial score (nSPS) is 15.1. The van der Waals surface area contributed by atoms with Crippen LogP contribution in [0, 0.1) is 16.7 Å². The quantitative estimate of drug-likeness (QED) is 0.0563. The number of hydrogen-bond acceptors (Lipinski definition) is 5. The van der Waals surface area contributed by atoms with E-state index in [9.17, 15) is 5.26 Å². The van der Waals surface area contributed by atoms with Crippen LogP contribution in [0.3, 0.4) is 0 Å². The molecule has 0 spiro atoms. The Morgan fingerprint density at radius 3 is 1.38 bits per heavy atom. The zero-order valence-electron chi connectivity index (χ0n) is 46.5. The van der Waals surface area contributed by atoms with Crippen molar-refractivity contribution in [1.82, 2.24) is 0 Å². The van der Waals surface area contributed by atoms with E-state index in [1.807, 2.05) is 11.8 Å². The molecule has 0 saturated carbocycles. The molecule has 1 aliphatic carbocycles. The molecule has 0 heterocycles. The van der Waals surface area contributed by atoms with Gasteiger partial charge in [-0.3, -0.25) is 0 Å². The first-order valence-corrected chi connectivity index (χ1v) is 31.7. The summed E-state index contributed by atoms with van der Waals surface area (Å²) < 4.78 is 15.1. The van der Waals surface area contributed by atoms with Gasteiger partial charge in [-0.05, 0) is 106 Å². The third-order valence-corrected chi connectivity index (χ3v) is 26.3. The molecule has 0 fully saturated rings. The fourth-order valence-corrected chi connectivity index (χ4v) is 21.9. The van der Waals surface area contributed by atoms with Gasteiger partial charge in [0.05, 0.1) is 19.3 Å². The van der Waals surface area contributed by atoms with E-state index in [0.717, 1.165) is 35.4 Å². The molecule has 386 valence electrons. The van der Waals surface area contributed by atoms with Crippen molar-refractivity contribution in [2.45, 2.75) is 124 Å². The van der Waals surface area contributed by atoms with Crippen molar-refractivity contribution in [2.24, 2.45) is 5.41 Å². The predicted molar refractivity (Wildman–Crippen MR) is 324 cm³/mol. The highest BCUT2D eigenvalue weighted by molar-refractivity contribution is 8.02. The summed E-state index contributed by atoms with van der Waals surface area (Å²) in [5, 5.41) is 14.9. The predicted octanol–water partition coefficient (Wildman–Crippen LogP) is 15.4. The molecule has 0 radical (unpaired) electrons. The Morgan fingerprint density at radius 1 is 0.581 bits per heavy atom. The van der Waals surface area contributed by atoms with Crippen LogP contribution in [0.25, 0.3) is 6.08 Å². The molecule has 0 unspecified atom stereocenters. The van der Waals surface area contributed by atoms with Gasteiger partial charge in [0.1, 0.15) is 0 Å². The van der Waals surface area contributed by atoms with Crippen LogP contribution < -0.4 is 25.6 Å². The van der Waals surface area contributed by atoms with Crippen LogP contribution in [0.4, 0.5) is 5.69 Å². The summed E-state index contributed by atoms with van der Waals surface area (Å²) in [6, 6.07) is 62.1. The Bertz CT molecular complexity index is 2680. The van der Waals surface area contributed by atoms with Gasteiger partial charge in [0.25, 0.3) is 16.6 Å². The first kappa shape index (κ1) is 56.3. The molecule has 7 heteroatoms. The maximum atomic E-state index is 10.1. The number of benzene rings is 6. The maximum absolute atomic E-state index is 10.1. The summed E-state index contributed by atoms with van der Waals surface area (Å²) in [4.78, 5) is 3.73. The molecule has 0 aliphatic heterocycles. The van der Waals surface area contributed by atoms with Crippen LogP contribution in [0.2, 0.25) is 10.1 Å². The lowest BCUT2D eigenvalue weighted by atomic mass is 9.75. The highest BCUT2D eigenvalue weighted by atomic mass is 32.2. The zero-order chi connectivity index (χ0) is 53.2. The van der Waals surface area contributed by atoms with E-state index in [1.54, 1.807) is 6.08 Å². The molecule has 0 aromatic heterocycles. The van der Waals surface area contributed by atoms with Crippen molar-refractivity contribution in [3.63, 3.8) is 0 Å². The van der Waals surface area contributed by atoms with Crippen LogP contribution >= 0.6 is 11.8 Å². The summed E-state index contributed by atoms with van der Waals surface area (Å²) in [6.45, 7) is 30.4. The second-order valence-electron chi connectivity index (χ2n) is 23.6. The third kappa shape index (κ3) is 12.8. The van der Waals surface area contributed by atoms with Gasteiger partial charge >= 0.3 is 0 Å². The molecule has 0 bridgehead atoms. The molecular formula is C67H82N2O2SSi2. The molecule has 0 amide bonds. The molecule has 7 rings (SSSR count). The van der Waals surface area contributed by atoms with Gasteiger partial charge in [-0.15, -0.1) is 11.8 Å². The first-order chi connectivity index (χ1) is 35.3. The minimum Gasteiger partial charge on any atom is -0.406 e. The van der Waals surface area contributed by atoms with Crippen LogP contribution in [-0.4, -0.2) is 42.9 Å². The third-order valence-electron chi connectivity index (χ3n) is 14.9. The fourth-order valence-electron chi connectivity index (χ4n) is 11.5. The van der Waals surface area contributed by atoms with E-state index in [4.69, 9.17) is 8.85 Å². The largest absolute Gasteiger partial charge is 0.406 e. The number of nitriles is 1. The number of thioether (sulfide) groups is 1. The molecule has 6 aromatic carbocycles. The lowest BCUT2D eigenvalue weighted by Gasteiger charge is -2.44. The van der Waals surface area contributed by atoms with Gasteiger partial charge in [0, 0.05) is 35.5 Å². The Kier molecular flexibility index (Phi) is 18.6. The van der Waals surface area contributed by atoms with E-state index < -0.39 is 16.6 Å². The van der Waals surface area contributed by atoms with Gasteiger partial charge < -0.3 is 13.8 Å². The molecule has 74 heavy (non-hydrogen) atoms.